The van der Waals surface area contributed by atoms with E-state index in [-0.39, 0.29) is 0 Å². The maximum Gasteiger partial charge on any atom is 0.0434 e. The molecule has 82 valence electrons. The van der Waals surface area contributed by atoms with Crippen LogP contribution in [0.1, 0.15) is 39.0 Å². The minimum absolute atomic E-state index is 0.365. The Morgan fingerprint density at radius 2 is 2.00 bits per heavy atom. The predicted molar refractivity (Wildman–Crippen MR) is 58.2 cm³/mol. The first-order chi connectivity index (χ1) is 6.78. The second kappa shape index (κ2) is 4.19. The van der Waals surface area contributed by atoms with E-state index in [1.54, 1.807) is 0 Å². The standard InChI is InChI=1S/C12H23NO/c1-2-3-11(4-7-14)8-13-9-12(10-13)5-6-12/h11,14H,2-10H2,1H3. The van der Waals surface area contributed by atoms with Crippen LogP contribution in [0.2, 0.25) is 0 Å². The van der Waals surface area contributed by atoms with Crippen molar-refractivity contribution < 1.29 is 5.11 Å². The highest BCUT2D eigenvalue weighted by atomic mass is 16.3. The topological polar surface area (TPSA) is 23.5 Å². The van der Waals surface area contributed by atoms with E-state index in [9.17, 15) is 0 Å². The summed E-state index contributed by atoms with van der Waals surface area (Å²) < 4.78 is 0. The van der Waals surface area contributed by atoms with Crippen LogP contribution in [0, 0.1) is 11.3 Å². The molecular weight excluding hydrogens is 174 g/mol. The summed E-state index contributed by atoms with van der Waals surface area (Å²) in [6.45, 7) is 6.53. The minimum atomic E-state index is 0.365. The smallest absolute Gasteiger partial charge is 0.0434 e. The van der Waals surface area contributed by atoms with E-state index in [0.717, 1.165) is 17.8 Å². The fourth-order valence-electron chi connectivity index (χ4n) is 2.81. The molecule has 0 amide bonds. The lowest BCUT2D eigenvalue weighted by Crippen LogP contribution is -2.50. The molecule has 0 radical (unpaired) electrons. The van der Waals surface area contributed by atoms with Crippen molar-refractivity contribution in [1.29, 1.82) is 0 Å². The summed E-state index contributed by atoms with van der Waals surface area (Å²) in [5, 5.41) is 8.96. The van der Waals surface area contributed by atoms with Gasteiger partial charge in [0.1, 0.15) is 0 Å². The summed E-state index contributed by atoms with van der Waals surface area (Å²) in [4.78, 5) is 2.59. The Hall–Kier alpha value is -0.0800. The molecule has 2 rings (SSSR count). The fraction of sp³-hybridized carbons (Fsp3) is 1.00. The van der Waals surface area contributed by atoms with Crippen LogP contribution in [-0.2, 0) is 0 Å². The summed E-state index contributed by atoms with van der Waals surface area (Å²) in [6.07, 6.45) is 6.48. The Morgan fingerprint density at radius 3 is 2.50 bits per heavy atom. The quantitative estimate of drug-likeness (QED) is 0.703. The number of rotatable bonds is 6. The zero-order chi connectivity index (χ0) is 10.0. The molecule has 14 heavy (non-hydrogen) atoms. The molecule has 1 N–H and O–H groups in total. The first-order valence-electron chi connectivity index (χ1n) is 6.11. The zero-order valence-electron chi connectivity index (χ0n) is 9.34. The third-order valence-electron chi connectivity index (χ3n) is 3.83. The van der Waals surface area contributed by atoms with E-state index in [4.69, 9.17) is 5.11 Å². The molecule has 0 aromatic heterocycles. The zero-order valence-corrected chi connectivity index (χ0v) is 9.34. The normalized spacial score (nSPS) is 26.1. The molecule has 2 nitrogen and oxygen atoms in total. The van der Waals surface area contributed by atoms with Gasteiger partial charge in [-0.05, 0) is 37.0 Å². The Labute approximate surface area is 87.3 Å². The molecule has 2 heteroatoms. The maximum atomic E-state index is 8.96. The van der Waals surface area contributed by atoms with Gasteiger partial charge in [-0.25, -0.2) is 0 Å². The SMILES string of the molecule is CCCC(CCO)CN1CC2(CC2)C1. The van der Waals surface area contributed by atoms with E-state index in [2.05, 4.69) is 11.8 Å². The Balaban J connectivity index is 1.66. The molecule has 1 saturated carbocycles. The highest BCUT2D eigenvalue weighted by Gasteiger charge is 2.51. The number of nitrogens with zero attached hydrogens (tertiary/aromatic N) is 1. The first-order valence-corrected chi connectivity index (χ1v) is 6.11. The molecule has 1 aliphatic heterocycles. The van der Waals surface area contributed by atoms with Crippen molar-refractivity contribution in [2.24, 2.45) is 11.3 Å². The second-order valence-corrected chi connectivity index (χ2v) is 5.34. The van der Waals surface area contributed by atoms with Gasteiger partial charge in [0.2, 0.25) is 0 Å². The van der Waals surface area contributed by atoms with E-state index >= 15 is 0 Å². The average Bonchev–Trinajstić information content (AvgIpc) is 2.84. The lowest BCUT2D eigenvalue weighted by Gasteiger charge is -2.42. The summed E-state index contributed by atoms with van der Waals surface area (Å²) in [5.41, 5.74) is 0.788. The molecule has 1 unspecified atom stereocenters. The second-order valence-electron chi connectivity index (χ2n) is 5.34. The van der Waals surface area contributed by atoms with Crippen LogP contribution in [0.25, 0.3) is 0 Å². The fourth-order valence-corrected chi connectivity index (χ4v) is 2.81. The van der Waals surface area contributed by atoms with Gasteiger partial charge in [-0.2, -0.15) is 0 Å². The minimum Gasteiger partial charge on any atom is -0.396 e. The highest BCUT2D eigenvalue weighted by molar-refractivity contribution is 5.05. The number of aliphatic hydroxyl groups is 1. The summed E-state index contributed by atoms with van der Waals surface area (Å²) in [6, 6.07) is 0. The first kappa shape index (κ1) is 10.4. The van der Waals surface area contributed by atoms with Crippen molar-refractivity contribution in [1.82, 2.24) is 4.90 Å². The molecule has 2 aliphatic rings. The Kier molecular flexibility index (Phi) is 3.13. The van der Waals surface area contributed by atoms with Crippen LogP contribution in [0.5, 0.6) is 0 Å². The number of hydrogen-bond acceptors (Lipinski definition) is 2. The maximum absolute atomic E-state index is 8.96. The molecule has 1 atom stereocenters. The van der Waals surface area contributed by atoms with Crippen LogP contribution >= 0.6 is 0 Å². The van der Waals surface area contributed by atoms with Crippen molar-refractivity contribution in [3.05, 3.63) is 0 Å². The largest absolute Gasteiger partial charge is 0.396 e. The molecule has 1 aliphatic carbocycles. The third-order valence-corrected chi connectivity index (χ3v) is 3.83. The summed E-state index contributed by atoms with van der Waals surface area (Å²) in [7, 11) is 0. The van der Waals surface area contributed by atoms with Gasteiger partial charge in [0.15, 0.2) is 0 Å². The van der Waals surface area contributed by atoms with Crippen LogP contribution < -0.4 is 0 Å². The van der Waals surface area contributed by atoms with Crippen LogP contribution in [0.15, 0.2) is 0 Å². The molecule has 2 fully saturated rings. The molecule has 1 spiro atoms. The summed E-state index contributed by atoms with van der Waals surface area (Å²) in [5.74, 6) is 0.737. The molecule has 1 heterocycles. The monoisotopic (exact) mass is 197 g/mol. The molecule has 1 saturated heterocycles. The van der Waals surface area contributed by atoms with Crippen molar-refractivity contribution >= 4 is 0 Å². The van der Waals surface area contributed by atoms with Gasteiger partial charge < -0.3 is 10.0 Å². The van der Waals surface area contributed by atoms with Gasteiger partial charge in [0.05, 0.1) is 0 Å². The van der Waals surface area contributed by atoms with Gasteiger partial charge in [-0.1, -0.05) is 13.3 Å². The van der Waals surface area contributed by atoms with Gasteiger partial charge >= 0.3 is 0 Å². The molecular formula is C12H23NO. The van der Waals surface area contributed by atoms with Crippen molar-refractivity contribution in [3.63, 3.8) is 0 Å². The molecule has 0 aromatic carbocycles. The van der Waals surface area contributed by atoms with Gasteiger partial charge in [-0.15, -0.1) is 0 Å². The van der Waals surface area contributed by atoms with Crippen molar-refractivity contribution in [2.45, 2.75) is 39.0 Å². The number of hydrogen-bond donors (Lipinski definition) is 1. The predicted octanol–water partition coefficient (Wildman–Crippen LogP) is 1.88. The molecule has 0 bridgehead atoms. The van der Waals surface area contributed by atoms with Gasteiger partial charge in [-0.3, -0.25) is 0 Å². The lowest BCUT2D eigenvalue weighted by atomic mass is 9.92. The van der Waals surface area contributed by atoms with Crippen LogP contribution in [0.4, 0.5) is 0 Å². The van der Waals surface area contributed by atoms with E-state index in [0.29, 0.717) is 6.61 Å². The van der Waals surface area contributed by atoms with E-state index < -0.39 is 0 Å². The number of likely N-dealkylation sites (tertiary alicyclic amines) is 1. The molecule has 0 aromatic rings. The van der Waals surface area contributed by atoms with Crippen molar-refractivity contribution in [2.75, 3.05) is 26.2 Å². The highest BCUT2D eigenvalue weighted by Crippen LogP contribution is 2.52. The summed E-state index contributed by atoms with van der Waals surface area (Å²) >= 11 is 0. The van der Waals surface area contributed by atoms with Crippen molar-refractivity contribution in [3.8, 4) is 0 Å². The van der Waals surface area contributed by atoms with E-state index in [1.165, 1.54) is 45.3 Å². The Morgan fingerprint density at radius 1 is 1.29 bits per heavy atom. The number of aliphatic hydroxyl groups excluding tert-OH is 1. The van der Waals surface area contributed by atoms with Crippen LogP contribution in [0.3, 0.4) is 0 Å². The van der Waals surface area contributed by atoms with Gasteiger partial charge in [0.25, 0.3) is 0 Å². The Bertz CT molecular complexity index is 175. The van der Waals surface area contributed by atoms with Gasteiger partial charge in [0, 0.05) is 26.2 Å². The van der Waals surface area contributed by atoms with E-state index in [1.807, 2.05) is 0 Å². The lowest BCUT2D eigenvalue weighted by molar-refractivity contribution is 0.0572. The average molecular weight is 197 g/mol. The van der Waals surface area contributed by atoms with Crippen LogP contribution in [-0.4, -0.2) is 36.2 Å². The third kappa shape index (κ3) is 2.29.